The molecule has 3 heterocycles. The van der Waals surface area contributed by atoms with Gasteiger partial charge in [-0.3, -0.25) is 9.59 Å². The Labute approximate surface area is 210 Å². The van der Waals surface area contributed by atoms with Crippen molar-refractivity contribution in [2.24, 2.45) is 0 Å². The molecular formula is C28H31N5O3. The van der Waals surface area contributed by atoms with Crippen molar-refractivity contribution in [1.82, 2.24) is 19.1 Å². The van der Waals surface area contributed by atoms with E-state index in [2.05, 4.69) is 36.0 Å². The first-order valence-electron chi connectivity index (χ1n) is 12.3. The fourth-order valence-electron chi connectivity index (χ4n) is 4.63. The average molecular weight is 486 g/mol. The molecule has 4 aromatic rings. The quantitative estimate of drug-likeness (QED) is 0.418. The van der Waals surface area contributed by atoms with Crippen LogP contribution in [-0.4, -0.2) is 58.3 Å². The number of carbonyl (C=O) groups excluding carboxylic acids is 1. The summed E-state index contributed by atoms with van der Waals surface area (Å²) in [6.07, 6.45) is 3.78. The molecule has 0 radical (unpaired) electrons. The maximum atomic E-state index is 13.1. The number of amides is 1. The van der Waals surface area contributed by atoms with E-state index in [4.69, 9.17) is 4.74 Å². The second-order valence-corrected chi connectivity index (χ2v) is 9.27. The van der Waals surface area contributed by atoms with Crippen LogP contribution in [0.1, 0.15) is 17.5 Å². The summed E-state index contributed by atoms with van der Waals surface area (Å²) in [6, 6.07) is 16.0. The van der Waals surface area contributed by atoms with E-state index in [1.165, 1.54) is 11.1 Å². The zero-order valence-electron chi connectivity index (χ0n) is 21.0. The topological polar surface area (TPSA) is 72.1 Å². The molecule has 8 nitrogen and oxygen atoms in total. The Morgan fingerprint density at radius 1 is 0.944 bits per heavy atom. The minimum absolute atomic E-state index is 0.0699. The van der Waals surface area contributed by atoms with Gasteiger partial charge in [0.25, 0.3) is 5.56 Å². The summed E-state index contributed by atoms with van der Waals surface area (Å²) in [6.45, 7) is 7.38. The van der Waals surface area contributed by atoms with E-state index in [1.54, 1.807) is 28.6 Å². The average Bonchev–Trinajstić information content (AvgIpc) is 3.35. The Hall–Kier alpha value is -4.07. The van der Waals surface area contributed by atoms with Gasteiger partial charge in [0, 0.05) is 62.8 Å². The van der Waals surface area contributed by atoms with Gasteiger partial charge in [-0.05, 0) is 61.4 Å². The Morgan fingerprint density at radius 2 is 1.69 bits per heavy atom. The van der Waals surface area contributed by atoms with Crippen LogP contribution in [0.5, 0.6) is 5.75 Å². The molecule has 2 aromatic heterocycles. The molecule has 1 aliphatic heterocycles. The van der Waals surface area contributed by atoms with Crippen molar-refractivity contribution < 1.29 is 9.53 Å². The predicted octanol–water partition coefficient (Wildman–Crippen LogP) is 3.53. The van der Waals surface area contributed by atoms with Gasteiger partial charge in [0.15, 0.2) is 0 Å². The molecule has 1 saturated heterocycles. The third kappa shape index (κ3) is 4.71. The van der Waals surface area contributed by atoms with E-state index in [0.29, 0.717) is 25.2 Å². The van der Waals surface area contributed by atoms with Crippen LogP contribution in [0.2, 0.25) is 0 Å². The summed E-state index contributed by atoms with van der Waals surface area (Å²) in [5, 5.41) is 4.58. The van der Waals surface area contributed by atoms with Crippen molar-refractivity contribution in [2.45, 2.75) is 26.8 Å². The summed E-state index contributed by atoms with van der Waals surface area (Å²) in [4.78, 5) is 30.1. The third-order valence-electron chi connectivity index (χ3n) is 7.04. The molecule has 0 bridgehead atoms. The Morgan fingerprint density at radius 3 is 2.39 bits per heavy atom. The molecule has 5 rings (SSSR count). The minimum atomic E-state index is -0.141. The minimum Gasteiger partial charge on any atom is -0.497 e. The first kappa shape index (κ1) is 23.7. The largest absolute Gasteiger partial charge is 0.497 e. The van der Waals surface area contributed by atoms with E-state index < -0.39 is 0 Å². The predicted molar refractivity (Wildman–Crippen MR) is 141 cm³/mol. The molecule has 0 aliphatic carbocycles. The number of hydrogen-bond acceptors (Lipinski definition) is 5. The highest BCUT2D eigenvalue weighted by Gasteiger charge is 2.21. The molecule has 8 heteroatoms. The second kappa shape index (κ2) is 9.89. The number of aryl methyl sites for hydroxylation is 3. The standard InChI is InChI=1S/C28H31N5O3/c1-20-4-5-22(18-21(20)2)25-19-26-28(35)32(16-17-33(26)29-25)11-10-27(34)31-14-12-30(13-15-31)23-6-8-24(36-3)9-7-23/h4-9,16-19H,10-15H2,1-3H3. The number of hydrogen-bond donors (Lipinski definition) is 0. The number of aromatic nitrogens is 3. The molecule has 36 heavy (non-hydrogen) atoms. The van der Waals surface area contributed by atoms with Crippen LogP contribution in [0.4, 0.5) is 5.69 Å². The molecule has 186 valence electrons. The van der Waals surface area contributed by atoms with Crippen molar-refractivity contribution in [3.8, 4) is 17.0 Å². The molecule has 1 fully saturated rings. The van der Waals surface area contributed by atoms with Gasteiger partial charge in [-0.15, -0.1) is 0 Å². The van der Waals surface area contributed by atoms with Gasteiger partial charge >= 0.3 is 0 Å². The summed E-state index contributed by atoms with van der Waals surface area (Å²) in [5.41, 5.74) is 5.64. The molecule has 0 N–H and O–H groups in total. The van der Waals surface area contributed by atoms with E-state index in [9.17, 15) is 9.59 Å². The lowest BCUT2D eigenvalue weighted by molar-refractivity contribution is -0.131. The lowest BCUT2D eigenvalue weighted by Crippen LogP contribution is -2.49. The van der Waals surface area contributed by atoms with E-state index >= 15 is 0 Å². The van der Waals surface area contributed by atoms with E-state index in [-0.39, 0.29) is 17.9 Å². The van der Waals surface area contributed by atoms with Gasteiger partial charge in [0.05, 0.1) is 12.8 Å². The number of anilines is 1. The van der Waals surface area contributed by atoms with E-state index in [0.717, 1.165) is 35.8 Å². The van der Waals surface area contributed by atoms with Crippen molar-refractivity contribution in [3.05, 3.63) is 82.4 Å². The maximum absolute atomic E-state index is 13.1. The van der Waals surface area contributed by atoms with Gasteiger partial charge in [-0.1, -0.05) is 12.1 Å². The van der Waals surface area contributed by atoms with Crippen molar-refractivity contribution in [1.29, 1.82) is 0 Å². The number of ether oxygens (including phenoxy) is 1. The SMILES string of the molecule is COc1ccc(N2CCN(C(=O)CCn3ccn4nc(-c5ccc(C)c(C)c5)cc4c3=O)CC2)cc1. The number of rotatable bonds is 6. The summed E-state index contributed by atoms with van der Waals surface area (Å²) < 4.78 is 8.45. The third-order valence-corrected chi connectivity index (χ3v) is 7.04. The van der Waals surface area contributed by atoms with Crippen LogP contribution in [0.3, 0.4) is 0 Å². The highest BCUT2D eigenvalue weighted by molar-refractivity contribution is 5.76. The maximum Gasteiger partial charge on any atom is 0.276 e. The monoisotopic (exact) mass is 485 g/mol. The van der Waals surface area contributed by atoms with Crippen LogP contribution in [0.15, 0.2) is 65.7 Å². The van der Waals surface area contributed by atoms with Crippen LogP contribution in [0.25, 0.3) is 16.8 Å². The lowest BCUT2D eigenvalue weighted by Gasteiger charge is -2.36. The highest BCUT2D eigenvalue weighted by atomic mass is 16.5. The number of carbonyl (C=O) groups is 1. The fraction of sp³-hybridized carbons (Fsp3) is 0.321. The highest BCUT2D eigenvalue weighted by Crippen LogP contribution is 2.22. The van der Waals surface area contributed by atoms with Gasteiger partial charge in [-0.2, -0.15) is 5.10 Å². The molecule has 2 aromatic carbocycles. The first-order chi connectivity index (χ1) is 17.4. The molecule has 1 aliphatic rings. The molecular weight excluding hydrogens is 454 g/mol. The fourth-order valence-corrected chi connectivity index (χ4v) is 4.63. The smallest absolute Gasteiger partial charge is 0.276 e. The van der Waals surface area contributed by atoms with Crippen LogP contribution < -0.4 is 15.2 Å². The molecule has 0 spiro atoms. The van der Waals surface area contributed by atoms with Crippen LogP contribution in [-0.2, 0) is 11.3 Å². The Kier molecular flexibility index (Phi) is 6.50. The second-order valence-electron chi connectivity index (χ2n) is 9.27. The van der Waals surface area contributed by atoms with Gasteiger partial charge in [0.1, 0.15) is 11.3 Å². The Balaban J connectivity index is 1.21. The first-order valence-corrected chi connectivity index (χ1v) is 12.3. The molecule has 0 saturated carbocycles. The normalized spacial score (nSPS) is 13.9. The molecule has 1 amide bonds. The van der Waals surface area contributed by atoms with E-state index in [1.807, 2.05) is 41.3 Å². The number of nitrogens with zero attached hydrogens (tertiary/aromatic N) is 5. The number of methoxy groups -OCH3 is 1. The Bertz CT molecular complexity index is 1450. The number of piperazine rings is 1. The van der Waals surface area contributed by atoms with Crippen LogP contribution >= 0.6 is 0 Å². The zero-order chi connectivity index (χ0) is 25.2. The molecule has 0 unspecified atom stereocenters. The number of benzene rings is 2. The van der Waals surface area contributed by atoms with Crippen LogP contribution in [0, 0.1) is 13.8 Å². The van der Waals surface area contributed by atoms with Crippen molar-refractivity contribution >= 4 is 17.1 Å². The van der Waals surface area contributed by atoms with Gasteiger partial charge < -0.3 is 19.1 Å². The van der Waals surface area contributed by atoms with Gasteiger partial charge in [0.2, 0.25) is 5.91 Å². The van der Waals surface area contributed by atoms with Gasteiger partial charge in [-0.25, -0.2) is 4.52 Å². The number of fused-ring (bicyclic) bond motifs is 1. The lowest BCUT2D eigenvalue weighted by atomic mass is 10.0. The summed E-state index contributed by atoms with van der Waals surface area (Å²) >= 11 is 0. The summed E-state index contributed by atoms with van der Waals surface area (Å²) in [5.74, 6) is 0.902. The van der Waals surface area contributed by atoms with Crippen molar-refractivity contribution in [3.63, 3.8) is 0 Å². The van der Waals surface area contributed by atoms with Crippen molar-refractivity contribution in [2.75, 3.05) is 38.2 Å². The zero-order valence-corrected chi connectivity index (χ0v) is 21.0. The molecule has 0 atom stereocenters. The summed E-state index contributed by atoms with van der Waals surface area (Å²) in [7, 11) is 1.66.